The maximum atomic E-state index is 4.17. The van der Waals surface area contributed by atoms with E-state index in [2.05, 4.69) is 15.0 Å². The van der Waals surface area contributed by atoms with Crippen LogP contribution in [0, 0.1) is 13.8 Å². The molecule has 0 radical (unpaired) electrons. The zero-order valence-electron chi connectivity index (χ0n) is 7.86. The van der Waals surface area contributed by atoms with Crippen molar-refractivity contribution in [2.24, 2.45) is 0 Å². The second-order valence-corrected chi connectivity index (χ2v) is 2.68. The average Bonchev–Trinajstić information content (AvgIpc) is 2.59. The molecule has 1 N–H and O–H groups in total. The molecule has 0 fully saturated rings. The maximum absolute atomic E-state index is 4.17. The second-order valence-electron chi connectivity index (χ2n) is 2.68. The SMILES string of the molecule is Cc1cccc(C)n1.c1c[nH]cn1. The number of hydrogen-bond acceptors (Lipinski definition) is 2. The van der Waals surface area contributed by atoms with Crippen LogP contribution in [-0.2, 0) is 0 Å². The Hall–Kier alpha value is -1.64. The molecule has 2 heterocycles. The number of hydrogen-bond donors (Lipinski definition) is 1. The molecule has 2 rings (SSSR count). The average molecular weight is 175 g/mol. The van der Waals surface area contributed by atoms with Gasteiger partial charge >= 0.3 is 0 Å². The van der Waals surface area contributed by atoms with Gasteiger partial charge in [-0.2, -0.15) is 0 Å². The zero-order chi connectivity index (χ0) is 9.52. The summed E-state index contributed by atoms with van der Waals surface area (Å²) in [6, 6.07) is 6.00. The van der Waals surface area contributed by atoms with Gasteiger partial charge in [0.15, 0.2) is 0 Å². The standard InChI is InChI=1S/C7H9N.C3H4N2/c1-6-4-3-5-7(2)8-6;1-2-5-3-4-1/h3-5H,1-2H3;1-3H,(H,4,5). The maximum Gasteiger partial charge on any atom is 0.0919 e. The van der Waals surface area contributed by atoms with Crippen molar-refractivity contribution in [1.82, 2.24) is 15.0 Å². The van der Waals surface area contributed by atoms with Crippen molar-refractivity contribution >= 4 is 0 Å². The van der Waals surface area contributed by atoms with Crippen LogP contribution in [0.15, 0.2) is 36.9 Å². The minimum Gasteiger partial charge on any atom is -0.351 e. The number of aryl methyl sites for hydroxylation is 2. The van der Waals surface area contributed by atoms with Crippen molar-refractivity contribution in [3.63, 3.8) is 0 Å². The molecule has 0 saturated carbocycles. The molecule has 0 saturated heterocycles. The van der Waals surface area contributed by atoms with E-state index in [0.29, 0.717) is 0 Å². The third-order valence-electron chi connectivity index (χ3n) is 1.43. The largest absolute Gasteiger partial charge is 0.351 e. The summed E-state index contributed by atoms with van der Waals surface area (Å²) in [4.78, 5) is 10.6. The van der Waals surface area contributed by atoms with Crippen molar-refractivity contribution in [2.75, 3.05) is 0 Å². The molecule has 0 aliphatic carbocycles. The predicted molar refractivity (Wildman–Crippen MR) is 52.3 cm³/mol. The first-order valence-corrected chi connectivity index (χ1v) is 4.12. The molecule has 0 amide bonds. The molecule has 0 atom stereocenters. The first-order valence-electron chi connectivity index (χ1n) is 4.12. The normalized spacial score (nSPS) is 8.77. The summed E-state index contributed by atoms with van der Waals surface area (Å²) in [5, 5.41) is 0. The van der Waals surface area contributed by atoms with E-state index < -0.39 is 0 Å². The molecule has 0 spiro atoms. The van der Waals surface area contributed by atoms with Crippen LogP contribution < -0.4 is 0 Å². The van der Waals surface area contributed by atoms with Gasteiger partial charge < -0.3 is 4.98 Å². The van der Waals surface area contributed by atoms with Crippen LogP contribution >= 0.6 is 0 Å². The van der Waals surface area contributed by atoms with Crippen LogP contribution in [0.25, 0.3) is 0 Å². The van der Waals surface area contributed by atoms with Crippen molar-refractivity contribution in [3.8, 4) is 0 Å². The molecule has 0 aromatic carbocycles. The fourth-order valence-electron chi connectivity index (χ4n) is 0.895. The van der Waals surface area contributed by atoms with E-state index in [1.54, 1.807) is 18.7 Å². The Labute approximate surface area is 77.9 Å². The topological polar surface area (TPSA) is 41.6 Å². The number of rotatable bonds is 0. The first-order chi connectivity index (χ1) is 6.29. The van der Waals surface area contributed by atoms with Gasteiger partial charge in [0.05, 0.1) is 6.33 Å². The van der Waals surface area contributed by atoms with E-state index in [1.165, 1.54) is 0 Å². The van der Waals surface area contributed by atoms with E-state index in [0.717, 1.165) is 11.4 Å². The number of nitrogens with zero attached hydrogens (tertiary/aromatic N) is 2. The highest BCUT2D eigenvalue weighted by Crippen LogP contribution is 1.93. The number of pyridine rings is 1. The van der Waals surface area contributed by atoms with Gasteiger partial charge in [0.1, 0.15) is 0 Å². The summed E-state index contributed by atoms with van der Waals surface area (Å²) >= 11 is 0. The minimum absolute atomic E-state index is 1.09. The van der Waals surface area contributed by atoms with Gasteiger partial charge in [-0.25, -0.2) is 4.98 Å². The molecule has 2 aromatic heterocycles. The highest BCUT2D eigenvalue weighted by molar-refractivity contribution is 5.07. The fourth-order valence-corrected chi connectivity index (χ4v) is 0.895. The summed E-state index contributed by atoms with van der Waals surface area (Å²) in [6.07, 6.45) is 5.08. The number of aromatic amines is 1. The van der Waals surface area contributed by atoms with Gasteiger partial charge in [0.2, 0.25) is 0 Å². The predicted octanol–water partition coefficient (Wildman–Crippen LogP) is 2.11. The molecule has 0 aliphatic heterocycles. The Morgan fingerprint density at radius 3 is 2.08 bits per heavy atom. The number of H-pyrrole nitrogens is 1. The zero-order valence-corrected chi connectivity index (χ0v) is 7.86. The Kier molecular flexibility index (Phi) is 3.70. The lowest BCUT2D eigenvalue weighted by atomic mass is 10.3. The van der Waals surface area contributed by atoms with E-state index in [-0.39, 0.29) is 0 Å². The van der Waals surface area contributed by atoms with Crippen LogP contribution in [0.4, 0.5) is 0 Å². The molecule has 0 aliphatic rings. The summed E-state index contributed by atoms with van der Waals surface area (Å²) < 4.78 is 0. The monoisotopic (exact) mass is 175 g/mol. The van der Waals surface area contributed by atoms with E-state index >= 15 is 0 Å². The van der Waals surface area contributed by atoms with E-state index in [1.807, 2.05) is 32.0 Å². The summed E-state index contributed by atoms with van der Waals surface area (Å²) in [7, 11) is 0. The van der Waals surface area contributed by atoms with Gasteiger partial charge in [-0.05, 0) is 26.0 Å². The van der Waals surface area contributed by atoms with Crippen LogP contribution in [0.2, 0.25) is 0 Å². The highest BCUT2D eigenvalue weighted by Gasteiger charge is 1.82. The molecule has 0 unspecified atom stereocenters. The highest BCUT2D eigenvalue weighted by atomic mass is 14.8. The quantitative estimate of drug-likeness (QED) is 0.666. The Morgan fingerprint density at radius 1 is 1.15 bits per heavy atom. The van der Waals surface area contributed by atoms with Crippen molar-refractivity contribution < 1.29 is 0 Å². The lowest BCUT2D eigenvalue weighted by molar-refractivity contribution is 1.12. The Bertz CT molecular complexity index is 293. The first kappa shape index (κ1) is 9.45. The molecule has 2 aromatic rings. The second kappa shape index (κ2) is 5.09. The third kappa shape index (κ3) is 4.06. The number of aromatic nitrogens is 3. The fraction of sp³-hybridized carbons (Fsp3) is 0.200. The molecular weight excluding hydrogens is 162 g/mol. The van der Waals surface area contributed by atoms with Gasteiger partial charge in [0, 0.05) is 23.8 Å². The molecular formula is C10H13N3. The molecule has 13 heavy (non-hydrogen) atoms. The third-order valence-corrected chi connectivity index (χ3v) is 1.43. The molecule has 0 bridgehead atoms. The van der Waals surface area contributed by atoms with Crippen molar-refractivity contribution in [2.45, 2.75) is 13.8 Å². The number of nitrogens with one attached hydrogen (secondary N) is 1. The van der Waals surface area contributed by atoms with Gasteiger partial charge in [0.25, 0.3) is 0 Å². The van der Waals surface area contributed by atoms with Gasteiger partial charge in [-0.1, -0.05) is 6.07 Å². The summed E-state index contributed by atoms with van der Waals surface area (Å²) in [5.74, 6) is 0. The number of imidazole rings is 1. The molecule has 3 nitrogen and oxygen atoms in total. The van der Waals surface area contributed by atoms with E-state index in [4.69, 9.17) is 0 Å². The Morgan fingerprint density at radius 2 is 1.85 bits per heavy atom. The molecule has 3 heteroatoms. The van der Waals surface area contributed by atoms with Crippen LogP contribution in [-0.4, -0.2) is 15.0 Å². The smallest absolute Gasteiger partial charge is 0.0919 e. The van der Waals surface area contributed by atoms with Crippen molar-refractivity contribution in [1.29, 1.82) is 0 Å². The molecule has 68 valence electrons. The van der Waals surface area contributed by atoms with Gasteiger partial charge in [-0.3, -0.25) is 4.98 Å². The van der Waals surface area contributed by atoms with Crippen LogP contribution in [0.1, 0.15) is 11.4 Å². The summed E-state index contributed by atoms with van der Waals surface area (Å²) in [5.41, 5.74) is 2.18. The van der Waals surface area contributed by atoms with Crippen LogP contribution in [0.5, 0.6) is 0 Å². The van der Waals surface area contributed by atoms with Crippen LogP contribution in [0.3, 0.4) is 0 Å². The minimum atomic E-state index is 1.09. The van der Waals surface area contributed by atoms with Gasteiger partial charge in [-0.15, -0.1) is 0 Å². The lowest BCUT2D eigenvalue weighted by Crippen LogP contribution is -1.81. The lowest BCUT2D eigenvalue weighted by Gasteiger charge is -1.90. The van der Waals surface area contributed by atoms with E-state index in [9.17, 15) is 0 Å². The Balaban J connectivity index is 0.000000145. The van der Waals surface area contributed by atoms with Crippen molar-refractivity contribution in [3.05, 3.63) is 48.3 Å². The summed E-state index contributed by atoms with van der Waals surface area (Å²) in [6.45, 7) is 3.99.